The van der Waals surface area contributed by atoms with Crippen molar-refractivity contribution in [2.45, 2.75) is 50.6 Å². The van der Waals surface area contributed by atoms with Crippen LogP contribution < -0.4 is 10.1 Å². The van der Waals surface area contributed by atoms with Gasteiger partial charge >= 0.3 is 0 Å². The van der Waals surface area contributed by atoms with Crippen molar-refractivity contribution in [1.82, 2.24) is 10.2 Å². The number of halogens is 1. The highest BCUT2D eigenvalue weighted by Crippen LogP contribution is 2.33. The van der Waals surface area contributed by atoms with Gasteiger partial charge in [-0.1, -0.05) is 12.1 Å². The van der Waals surface area contributed by atoms with Crippen molar-refractivity contribution in [1.29, 1.82) is 0 Å². The summed E-state index contributed by atoms with van der Waals surface area (Å²) in [6.07, 6.45) is 6.28. The number of benzene rings is 1. The van der Waals surface area contributed by atoms with Gasteiger partial charge in [0.25, 0.3) is 0 Å². The Labute approximate surface area is 145 Å². The molecule has 2 aliphatic rings. The van der Waals surface area contributed by atoms with E-state index in [0.717, 1.165) is 38.1 Å². The molecule has 0 aromatic heterocycles. The first-order valence-corrected chi connectivity index (χ1v) is 8.45. The minimum Gasteiger partial charge on any atom is -0.497 e. The molecular weight excluding hydrogens is 312 g/mol. The Kier molecular flexibility index (Phi) is 6.72. The average molecular weight is 339 g/mol. The highest BCUT2D eigenvalue weighted by Gasteiger charge is 2.30. The van der Waals surface area contributed by atoms with E-state index in [0.29, 0.717) is 18.4 Å². The third kappa shape index (κ3) is 4.39. The van der Waals surface area contributed by atoms with Crippen molar-refractivity contribution in [2.24, 2.45) is 0 Å². The maximum Gasteiger partial charge on any atom is 0.223 e. The van der Waals surface area contributed by atoms with Gasteiger partial charge in [0.1, 0.15) is 5.75 Å². The third-order valence-electron chi connectivity index (χ3n) is 4.94. The lowest BCUT2D eigenvalue weighted by Crippen LogP contribution is -2.32. The number of amides is 1. The maximum absolute atomic E-state index is 12.6. The molecule has 128 valence electrons. The van der Waals surface area contributed by atoms with E-state index in [1.165, 1.54) is 18.4 Å². The zero-order valence-electron chi connectivity index (χ0n) is 13.8. The monoisotopic (exact) mass is 338 g/mol. The Morgan fingerprint density at radius 1 is 1.26 bits per heavy atom. The largest absolute Gasteiger partial charge is 0.497 e. The van der Waals surface area contributed by atoms with Crippen LogP contribution in [-0.2, 0) is 4.79 Å². The molecule has 1 aromatic rings. The molecule has 2 unspecified atom stereocenters. The number of nitrogens with one attached hydrogen (secondary N) is 1. The van der Waals surface area contributed by atoms with Gasteiger partial charge in [-0.3, -0.25) is 4.79 Å². The Bertz CT molecular complexity index is 500. The van der Waals surface area contributed by atoms with E-state index < -0.39 is 0 Å². The SMILES string of the molecule is COc1ccc(C2CCCN2C(=O)CCC2CCCN2)cc1.Cl. The predicted octanol–water partition coefficient (Wildman–Crippen LogP) is 3.31. The summed E-state index contributed by atoms with van der Waals surface area (Å²) in [6.45, 7) is 2.00. The number of rotatable bonds is 5. The number of carbonyl (C=O) groups is 1. The van der Waals surface area contributed by atoms with Crippen LogP contribution in [-0.4, -0.2) is 37.0 Å². The standard InChI is InChI=1S/C18H26N2O2.ClH/c1-22-16-9-6-14(7-10-16)17-5-3-13-20(17)18(21)11-8-15-4-2-12-19-15;/h6-7,9-10,15,17,19H,2-5,8,11-13H2,1H3;1H. The van der Waals surface area contributed by atoms with Gasteiger partial charge in [0.05, 0.1) is 13.2 Å². The van der Waals surface area contributed by atoms with Crippen LogP contribution in [0.15, 0.2) is 24.3 Å². The number of carbonyl (C=O) groups excluding carboxylic acids is 1. The van der Waals surface area contributed by atoms with Crippen molar-refractivity contribution in [3.05, 3.63) is 29.8 Å². The van der Waals surface area contributed by atoms with Crippen LogP contribution in [0, 0.1) is 0 Å². The van der Waals surface area contributed by atoms with Gasteiger partial charge in [0.2, 0.25) is 5.91 Å². The molecule has 1 N–H and O–H groups in total. The summed E-state index contributed by atoms with van der Waals surface area (Å²) in [5.41, 5.74) is 1.23. The van der Waals surface area contributed by atoms with E-state index in [1.807, 2.05) is 12.1 Å². The fourth-order valence-electron chi connectivity index (χ4n) is 3.68. The summed E-state index contributed by atoms with van der Waals surface area (Å²) < 4.78 is 5.21. The van der Waals surface area contributed by atoms with Gasteiger partial charge in [-0.2, -0.15) is 0 Å². The lowest BCUT2D eigenvalue weighted by atomic mass is 10.0. The van der Waals surface area contributed by atoms with Crippen LogP contribution in [0.3, 0.4) is 0 Å². The molecule has 2 heterocycles. The zero-order valence-corrected chi connectivity index (χ0v) is 14.6. The summed E-state index contributed by atoms with van der Waals surface area (Å²) in [6, 6.07) is 8.94. The number of hydrogen-bond acceptors (Lipinski definition) is 3. The molecule has 4 nitrogen and oxygen atoms in total. The molecule has 0 spiro atoms. The van der Waals surface area contributed by atoms with E-state index in [4.69, 9.17) is 4.74 Å². The Balaban J connectivity index is 0.00000192. The minimum atomic E-state index is 0. The third-order valence-corrected chi connectivity index (χ3v) is 4.94. The van der Waals surface area contributed by atoms with Crippen LogP contribution in [0.4, 0.5) is 0 Å². The Morgan fingerprint density at radius 2 is 2.04 bits per heavy atom. The fourth-order valence-corrected chi connectivity index (χ4v) is 3.68. The molecule has 1 aromatic carbocycles. The van der Waals surface area contributed by atoms with Gasteiger partial charge in [0.15, 0.2) is 0 Å². The molecule has 23 heavy (non-hydrogen) atoms. The second-order valence-electron chi connectivity index (χ2n) is 6.35. The maximum atomic E-state index is 12.6. The Morgan fingerprint density at radius 3 is 2.70 bits per heavy atom. The number of nitrogens with zero attached hydrogens (tertiary/aromatic N) is 1. The first-order valence-electron chi connectivity index (χ1n) is 8.45. The van der Waals surface area contributed by atoms with Gasteiger partial charge in [-0.05, 0) is 56.3 Å². The summed E-state index contributed by atoms with van der Waals surface area (Å²) in [5.74, 6) is 1.18. The molecule has 0 radical (unpaired) electrons. The average Bonchev–Trinajstić information content (AvgIpc) is 3.24. The normalized spacial score (nSPS) is 23.6. The number of ether oxygens (including phenoxy) is 1. The predicted molar refractivity (Wildman–Crippen MR) is 94.2 cm³/mol. The molecule has 3 rings (SSSR count). The van der Waals surface area contributed by atoms with Crippen molar-refractivity contribution in [3.8, 4) is 5.75 Å². The molecule has 2 saturated heterocycles. The van der Waals surface area contributed by atoms with Crippen LogP contribution in [0.25, 0.3) is 0 Å². The first-order chi connectivity index (χ1) is 10.8. The molecule has 2 atom stereocenters. The summed E-state index contributed by atoms with van der Waals surface area (Å²) in [5, 5.41) is 3.47. The van der Waals surface area contributed by atoms with Crippen molar-refractivity contribution < 1.29 is 9.53 Å². The molecule has 2 aliphatic heterocycles. The van der Waals surface area contributed by atoms with Crippen molar-refractivity contribution >= 4 is 18.3 Å². The van der Waals surface area contributed by atoms with E-state index >= 15 is 0 Å². The second-order valence-corrected chi connectivity index (χ2v) is 6.35. The van der Waals surface area contributed by atoms with Crippen LogP contribution >= 0.6 is 12.4 Å². The number of likely N-dealkylation sites (tertiary alicyclic amines) is 1. The quantitative estimate of drug-likeness (QED) is 0.895. The van der Waals surface area contributed by atoms with Crippen molar-refractivity contribution in [2.75, 3.05) is 20.2 Å². The highest BCUT2D eigenvalue weighted by atomic mass is 35.5. The smallest absolute Gasteiger partial charge is 0.223 e. The molecule has 0 saturated carbocycles. The second kappa shape index (κ2) is 8.55. The van der Waals surface area contributed by atoms with E-state index in [2.05, 4.69) is 22.3 Å². The van der Waals surface area contributed by atoms with Gasteiger partial charge in [0, 0.05) is 19.0 Å². The first kappa shape index (κ1) is 18.1. The minimum absolute atomic E-state index is 0. The van der Waals surface area contributed by atoms with Crippen LogP contribution in [0.2, 0.25) is 0 Å². The molecule has 0 aliphatic carbocycles. The molecular formula is C18H27ClN2O2. The molecule has 2 fully saturated rings. The van der Waals surface area contributed by atoms with E-state index in [1.54, 1.807) is 7.11 Å². The van der Waals surface area contributed by atoms with Gasteiger partial charge < -0.3 is 15.0 Å². The van der Waals surface area contributed by atoms with Gasteiger partial charge in [-0.15, -0.1) is 12.4 Å². The van der Waals surface area contributed by atoms with Crippen molar-refractivity contribution in [3.63, 3.8) is 0 Å². The highest BCUT2D eigenvalue weighted by molar-refractivity contribution is 5.85. The fraction of sp³-hybridized carbons (Fsp3) is 0.611. The van der Waals surface area contributed by atoms with E-state index in [-0.39, 0.29) is 18.4 Å². The topological polar surface area (TPSA) is 41.6 Å². The van der Waals surface area contributed by atoms with Crippen LogP contribution in [0.5, 0.6) is 5.75 Å². The number of hydrogen-bond donors (Lipinski definition) is 1. The van der Waals surface area contributed by atoms with Crippen LogP contribution in [0.1, 0.15) is 50.1 Å². The Hall–Kier alpha value is -1.26. The summed E-state index contributed by atoms with van der Waals surface area (Å²) >= 11 is 0. The summed E-state index contributed by atoms with van der Waals surface area (Å²) in [7, 11) is 1.68. The van der Waals surface area contributed by atoms with Gasteiger partial charge in [-0.25, -0.2) is 0 Å². The lowest BCUT2D eigenvalue weighted by Gasteiger charge is -2.26. The number of methoxy groups -OCH3 is 1. The van der Waals surface area contributed by atoms with E-state index in [9.17, 15) is 4.79 Å². The summed E-state index contributed by atoms with van der Waals surface area (Å²) in [4.78, 5) is 14.7. The zero-order chi connectivity index (χ0) is 15.4. The molecule has 1 amide bonds. The lowest BCUT2D eigenvalue weighted by molar-refractivity contribution is -0.132. The molecule has 0 bridgehead atoms. The molecule has 5 heteroatoms.